The van der Waals surface area contributed by atoms with Gasteiger partial charge in [0.15, 0.2) is 0 Å². The molecule has 1 saturated carbocycles. The largest absolute Gasteiger partial charge is 0.217 e. The molecule has 1 aromatic rings. The second kappa shape index (κ2) is 3.85. The number of aromatic nitrogens is 1. The summed E-state index contributed by atoms with van der Waals surface area (Å²) in [5, 5.41) is 0. The summed E-state index contributed by atoms with van der Waals surface area (Å²) in [6.07, 6.45) is 2.22. The normalized spacial score (nSPS) is 16.1. The highest BCUT2D eigenvalue weighted by molar-refractivity contribution is 9.10. The number of hydrogen-bond acceptors (Lipinski definition) is 1. The average Bonchev–Trinajstić information content (AvgIpc) is 2.85. The van der Waals surface area contributed by atoms with Gasteiger partial charge < -0.3 is 0 Å². The number of hydrogen-bond donors (Lipinski definition) is 0. The number of nitrogens with zero attached hydrogens (tertiary/aromatic N) is 1. The Morgan fingerprint density at radius 1 is 1.40 bits per heavy atom. The van der Waals surface area contributed by atoms with E-state index in [2.05, 4.69) is 34.8 Å². The van der Waals surface area contributed by atoms with Crippen LogP contribution in [0.2, 0.25) is 0 Å². The van der Waals surface area contributed by atoms with Crippen molar-refractivity contribution in [2.75, 3.05) is 0 Å². The summed E-state index contributed by atoms with van der Waals surface area (Å²) >= 11 is 3.35. The molecule has 0 amide bonds. The minimum Gasteiger partial charge on any atom is -0.212 e. The lowest BCUT2D eigenvalue weighted by Crippen LogP contribution is -2.04. The third-order valence-corrected chi connectivity index (χ3v) is 3.62. The van der Waals surface area contributed by atoms with Gasteiger partial charge in [0.05, 0.1) is 0 Å². The third-order valence-electron chi connectivity index (χ3n) is 3.01. The van der Waals surface area contributed by atoms with Gasteiger partial charge in [-0.1, -0.05) is 13.8 Å². The molecular formula is C12H15BrFN. The van der Waals surface area contributed by atoms with Crippen LogP contribution < -0.4 is 0 Å². The van der Waals surface area contributed by atoms with Crippen LogP contribution in [0.15, 0.2) is 4.60 Å². The second-order valence-electron chi connectivity index (χ2n) is 4.57. The summed E-state index contributed by atoms with van der Waals surface area (Å²) in [7, 11) is 0. The molecule has 0 radical (unpaired) electrons. The van der Waals surface area contributed by atoms with Gasteiger partial charge in [0.25, 0.3) is 0 Å². The van der Waals surface area contributed by atoms with Crippen LogP contribution in [0.3, 0.4) is 0 Å². The Labute approximate surface area is 98.2 Å². The van der Waals surface area contributed by atoms with E-state index in [1.165, 1.54) is 0 Å². The first-order valence-corrected chi connectivity index (χ1v) is 6.17. The van der Waals surface area contributed by atoms with Gasteiger partial charge in [0.1, 0.15) is 4.60 Å². The number of rotatable bonds is 2. The predicted octanol–water partition coefficient (Wildman–Crippen LogP) is 4.29. The Hall–Kier alpha value is -0.440. The predicted molar refractivity (Wildman–Crippen MR) is 62.7 cm³/mol. The summed E-state index contributed by atoms with van der Waals surface area (Å²) in [6, 6.07) is 0. The van der Waals surface area contributed by atoms with E-state index in [1.54, 1.807) is 0 Å². The molecule has 1 heterocycles. The van der Waals surface area contributed by atoms with E-state index < -0.39 is 0 Å². The Morgan fingerprint density at radius 3 is 2.47 bits per heavy atom. The van der Waals surface area contributed by atoms with Gasteiger partial charge in [-0.2, -0.15) is 4.39 Å². The maximum Gasteiger partial charge on any atom is 0.217 e. The fraction of sp³-hybridized carbons (Fsp3) is 0.583. The van der Waals surface area contributed by atoms with Crippen molar-refractivity contribution in [2.45, 2.75) is 45.4 Å². The molecule has 0 aromatic carbocycles. The SMILES string of the molecule is Cc1c(C(C)C)c(Br)nc(F)c1C1CC1. The van der Waals surface area contributed by atoms with Crippen molar-refractivity contribution in [3.05, 3.63) is 27.2 Å². The highest BCUT2D eigenvalue weighted by Crippen LogP contribution is 2.44. The molecule has 0 atom stereocenters. The first-order chi connectivity index (χ1) is 7.02. The summed E-state index contributed by atoms with van der Waals surface area (Å²) in [6.45, 7) is 6.24. The maximum atomic E-state index is 13.7. The van der Waals surface area contributed by atoms with Crippen molar-refractivity contribution in [1.29, 1.82) is 0 Å². The fourth-order valence-electron chi connectivity index (χ4n) is 2.18. The monoisotopic (exact) mass is 271 g/mol. The molecule has 3 heteroatoms. The van der Waals surface area contributed by atoms with Gasteiger partial charge in [-0.25, -0.2) is 4.98 Å². The van der Waals surface area contributed by atoms with Crippen LogP contribution in [0.1, 0.15) is 55.2 Å². The third kappa shape index (κ3) is 1.94. The molecule has 82 valence electrons. The highest BCUT2D eigenvalue weighted by Gasteiger charge is 2.31. The van der Waals surface area contributed by atoms with Gasteiger partial charge in [-0.05, 0) is 58.7 Å². The number of pyridine rings is 1. The van der Waals surface area contributed by atoms with Gasteiger partial charge in [0, 0.05) is 5.56 Å². The van der Waals surface area contributed by atoms with Crippen LogP contribution in [-0.4, -0.2) is 4.98 Å². The topological polar surface area (TPSA) is 12.9 Å². The van der Waals surface area contributed by atoms with Gasteiger partial charge in [-0.15, -0.1) is 0 Å². The molecule has 0 aliphatic heterocycles. The zero-order valence-corrected chi connectivity index (χ0v) is 10.9. The summed E-state index contributed by atoms with van der Waals surface area (Å²) in [5.74, 6) is 0.513. The van der Waals surface area contributed by atoms with Crippen molar-refractivity contribution in [1.82, 2.24) is 4.98 Å². The van der Waals surface area contributed by atoms with E-state index in [4.69, 9.17) is 0 Å². The van der Waals surface area contributed by atoms with Crippen molar-refractivity contribution >= 4 is 15.9 Å². The molecule has 1 nitrogen and oxygen atoms in total. The summed E-state index contributed by atoms with van der Waals surface area (Å²) in [4.78, 5) is 3.97. The lowest BCUT2D eigenvalue weighted by Gasteiger charge is -2.15. The first-order valence-electron chi connectivity index (χ1n) is 5.37. The molecule has 1 aliphatic rings. The fourth-order valence-corrected chi connectivity index (χ4v) is 3.09. The van der Waals surface area contributed by atoms with Crippen molar-refractivity contribution in [2.24, 2.45) is 0 Å². The first kappa shape index (κ1) is 11.1. The Kier molecular flexibility index (Phi) is 2.84. The molecule has 1 fully saturated rings. The van der Waals surface area contributed by atoms with E-state index in [1.807, 2.05) is 6.92 Å². The van der Waals surface area contributed by atoms with Crippen LogP contribution >= 0.6 is 15.9 Å². The van der Waals surface area contributed by atoms with Crippen molar-refractivity contribution in [3.63, 3.8) is 0 Å². The van der Waals surface area contributed by atoms with E-state index in [0.717, 1.165) is 29.5 Å². The molecule has 1 aromatic heterocycles. The van der Waals surface area contributed by atoms with Crippen LogP contribution in [-0.2, 0) is 0 Å². The smallest absolute Gasteiger partial charge is 0.212 e. The molecule has 2 rings (SSSR count). The van der Waals surface area contributed by atoms with E-state index in [0.29, 0.717) is 16.4 Å². The molecular weight excluding hydrogens is 257 g/mol. The molecule has 0 N–H and O–H groups in total. The van der Waals surface area contributed by atoms with Crippen LogP contribution in [0.5, 0.6) is 0 Å². The molecule has 1 aliphatic carbocycles. The molecule has 0 spiro atoms. The molecule has 0 bridgehead atoms. The Balaban J connectivity index is 2.60. The van der Waals surface area contributed by atoms with E-state index in [9.17, 15) is 4.39 Å². The van der Waals surface area contributed by atoms with Crippen LogP contribution in [0, 0.1) is 12.9 Å². The lowest BCUT2D eigenvalue weighted by atomic mass is 9.95. The summed E-state index contributed by atoms with van der Waals surface area (Å²) < 4.78 is 14.4. The lowest BCUT2D eigenvalue weighted by molar-refractivity contribution is 0.558. The van der Waals surface area contributed by atoms with Gasteiger partial charge in [-0.3, -0.25) is 0 Å². The molecule has 0 unspecified atom stereocenters. The quantitative estimate of drug-likeness (QED) is 0.732. The van der Waals surface area contributed by atoms with Crippen molar-refractivity contribution < 1.29 is 4.39 Å². The second-order valence-corrected chi connectivity index (χ2v) is 5.33. The molecule has 15 heavy (non-hydrogen) atoms. The van der Waals surface area contributed by atoms with Crippen LogP contribution in [0.25, 0.3) is 0 Å². The minimum atomic E-state index is -0.286. The standard InChI is InChI=1S/C12H15BrFN/c1-6(2)9-7(3)10(8-4-5-8)12(14)15-11(9)13/h6,8H,4-5H2,1-3H3. The number of halogens is 2. The zero-order valence-electron chi connectivity index (χ0n) is 9.27. The Bertz CT molecular complexity index is 371. The molecule has 0 saturated heterocycles. The maximum absolute atomic E-state index is 13.7. The van der Waals surface area contributed by atoms with Crippen LogP contribution in [0.4, 0.5) is 4.39 Å². The van der Waals surface area contributed by atoms with Gasteiger partial charge in [0.2, 0.25) is 5.95 Å². The highest BCUT2D eigenvalue weighted by atomic mass is 79.9. The minimum absolute atomic E-state index is 0.286. The van der Waals surface area contributed by atoms with E-state index >= 15 is 0 Å². The zero-order chi connectivity index (χ0) is 11.2. The summed E-state index contributed by atoms with van der Waals surface area (Å²) in [5.41, 5.74) is 3.09. The van der Waals surface area contributed by atoms with Gasteiger partial charge >= 0.3 is 0 Å². The average molecular weight is 272 g/mol. The van der Waals surface area contributed by atoms with Crippen molar-refractivity contribution in [3.8, 4) is 0 Å². The van der Waals surface area contributed by atoms with E-state index in [-0.39, 0.29) is 5.95 Å². The Morgan fingerprint density at radius 2 is 2.00 bits per heavy atom.